The lowest BCUT2D eigenvalue weighted by atomic mass is 10.2. The zero-order valence-electron chi connectivity index (χ0n) is 18.7. The summed E-state index contributed by atoms with van der Waals surface area (Å²) >= 11 is 0. The van der Waals surface area contributed by atoms with Gasteiger partial charge in [-0.1, -0.05) is 49.4 Å². The molecule has 9 nitrogen and oxygen atoms in total. The maximum Gasteiger partial charge on any atom is 0.330 e. The standard InChI is InChI=1S/C24H28N4O5/c1-3-17-10-7-11-19(14-17)33-16-20(29)27(12-13-32-2)21-22(25)28(24(31)26-23(21)30)15-18-8-5-4-6-9-18/h4-11,14H,3,12-13,15-16,25H2,1-2H3,(H,26,30,31). The van der Waals surface area contributed by atoms with E-state index in [-0.39, 0.29) is 37.8 Å². The lowest BCUT2D eigenvalue weighted by Crippen LogP contribution is -2.44. The van der Waals surface area contributed by atoms with Crippen LogP contribution in [0.1, 0.15) is 18.1 Å². The number of nitrogens with zero attached hydrogens (tertiary/aromatic N) is 2. The highest BCUT2D eigenvalue weighted by Gasteiger charge is 2.24. The van der Waals surface area contributed by atoms with Gasteiger partial charge in [0, 0.05) is 13.7 Å². The van der Waals surface area contributed by atoms with Crippen molar-refractivity contribution in [2.24, 2.45) is 0 Å². The molecule has 0 radical (unpaired) electrons. The molecule has 1 amide bonds. The van der Waals surface area contributed by atoms with Gasteiger partial charge >= 0.3 is 5.69 Å². The van der Waals surface area contributed by atoms with Crippen molar-refractivity contribution in [2.45, 2.75) is 19.9 Å². The fourth-order valence-electron chi connectivity index (χ4n) is 3.38. The molecule has 0 aliphatic rings. The quantitative estimate of drug-likeness (QED) is 0.484. The predicted molar refractivity (Wildman–Crippen MR) is 127 cm³/mol. The smallest absolute Gasteiger partial charge is 0.330 e. The van der Waals surface area contributed by atoms with Gasteiger partial charge in [-0.25, -0.2) is 4.79 Å². The number of H-pyrrole nitrogens is 1. The zero-order valence-corrected chi connectivity index (χ0v) is 18.7. The highest BCUT2D eigenvalue weighted by Crippen LogP contribution is 2.19. The number of aryl methyl sites for hydroxylation is 1. The molecule has 0 fully saturated rings. The molecule has 3 aromatic rings. The fourth-order valence-corrected chi connectivity index (χ4v) is 3.38. The van der Waals surface area contributed by atoms with Gasteiger partial charge in [-0.2, -0.15) is 0 Å². The van der Waals surface area contributed by atoms with Crippen LogP contribution in [0.2, 0.25) is 0 Å². The van der Waals surface area contributed by atoms with E-state index in [2.05, 4.69) is 4.98 Å². The van der Waals surface area contributed by atoms with E-state index in [1.54, 1.807) is 6.07 Å². The minimum atomic E-state index is -0.751. The number of nitrogens with one attached hydrogen (secondary N) is 1. The van der Waals surface area contributed by atoms with Gasteiger partial charge in [0.25, 0.3) is 11.5 Å². The number of methoxy groups -OCH3 is 1. The monoisotopic (exact) mass is 452 g/mol. The average Bonchev–Trinajstić information content (AvgIpc) is 2.83. The molecule has 0 saturated carbocycles. The number of nitrogen functional groups attached to an aromatic ring is 1. The zero-order chi connectivity index (χ0) is 23.8. The molecule has 0 unspecified atom stereocenters. The summed E-state index contributed by atoms with van der Waals surface area (Å²) in [5, 5.41) is 0. The van der Waals surface area contributed by atoms with E-state index in [1.165, 1.54) is 16.6 Å². The Morgan fingerprint density at radius 2 is 1.82 bits per heavy atom. The van der Waals surface area contributed by atoms with Crippen LogP contribution in [0.4, 0.5) is 11.5 Å². The van der Waals surface area contributed by atoms with Gasteiger partial charge in [-0.15, -0.1) is 0 Å². The topological polar surface area (TPSA) is 120 Å². The second kappa shape index (κ2) is 11.1. The third-order valence-corrected chi connectivity index (χ3v) is 5.16. The molecule has 0 aliphatic carbocycles. The molecular weight excluding hydrogens is 424 g/mol. The van der Waals surface area contributed by atoms with E-state index >= 15 is 0 Å². The maximum absolute atomic E-state index is 13.1. The minimum absolute atomic E-state index is 0.0600. The summed E-state index contributed by atoms with van der Waals surface area (Å²) in [5.41, 5.74) is 6.63. The van der Waals surface area contributed by atoms with E-state index in [4.69, 9.17) is 15.2 Å². The molecular formula is C24H28N4O5. The van der Waals surface area contributed by atoms with Crippen LogP contribution in [0.3, 0.4) is 0 Å². The molecule has 1 heterocycles. The van der Waals surface area contributed by atoms with Crippen molar-refractivity contribution in [2.75, 3.05) is 37.5 Å². The molecule has 0 atom stereocenters. The largest absolute Gasteiger partial charge is 0.484 e. The third-order valence-electron chi connectivity index (χ3n) is 5.16. The predicted octanol–water partition coefficient (Wildman–Crippen LogP) is 1.79. The molecule has 1 aromatic heterocycles. The van der Waals surface area contributed by atoms with Crippen molar-refractivity contribution in [1.82, 2.24) is 9.55 Å². The van der Waals surface area contributed by atoms with Crippen LogP contribution in [0.15, 0.2) is 64.2 Å². The summed E-state index contributed by atoms with van der Waals surface area (Å²) in [4.78, 5) is 41.7. The van der Waals surface area contributed by atoms with E-state index in [0.717, 1.165) is 17.5 Å². The van der Waals surface area contributed by atoms with Crippen LogP contribution < -0.4 is 26.6 Å². The first-order valence-corrected chi connectivity index (χ1v) is 10.6. The maximum atomic E-state index is 13.1. The van der Waals surface area contributed by atoms with Crippen LogP contribution in [0.25, 0.3) is 0 Å². The number of hydrogen-bond acceptors (Lipinski definition) is 6. The Hall–Kier alpha value is -3.85. The molecule has 0 spiro atoms. The van der Waals surface area contributed by atoms with Crippen molar-refractivity contribution >= 4 is 17.4 Å². The molecule has 0 bridgehead atoms. The summed E-state index contributed by atoms with van der Waals surface area (Å²) < 4.78 is 12.0. The molecule has 0 saturated heterocycles. The van der Waals surface area contributed by atoms with Crippen molar-refractivity contribution < 1.29 is 14.3 Å². The SMILES string of the molecule is CCc1cccc(OCC(=O)N(CCOC)c2c(N)n(Cc3ccccc3)c(=O)[nH]c2=O)c1. The van der Waals surface area contributed by atoms with Gasteiger partial charge < -0.3 is 15.2 Å². The number of anilines is 2. The normalized spacial score (nSPS) is 10.7. The minimum Gasteiger partial charge on any atom is -0.484 e. The lowest BCUT2D eigenvalue weighted by Gasteiger charge is -2.24. The van der Waals surface area contributed by atoms with Gasteiger partial charge in [0.15, 0.2) is 12.3 Å². The summed E-state index contributed by atoms with van der Waals surface area (Å²) in [5.74, 6) is -0.0496. The Balaban J connectivity index is 1.92. The molecule has 3 rings (SSSR count). The molecule has 174 valence electrons. The van der Waals surface area contributed by atoms with Gasteiger partial charge in [-0.05, 0) is 29.7 Å². The Morgan fingerprint density at radius 3 is 2.52 bits per heavy atom. The molecule has 3 N–H and O–H groups in total. The summed E-state index contributed by atoms with van der Waals surface area (Å²) in [7, 11) is 1.49. The number of rotatable bonds is 10. The van der Waals surface area contributed by atoms with Crippen LogP contribution >= 0.6 is 0 Å². The number of carbonyl (C=O) groups is 1. The third kappa shape index (κ3) is 5.89. The van der Waals surface area contributed by atoms with E-state index in [9.17, 15) is 14.4 Å². The van der Waals surface area contributed by atoms with Crippen LogP contribution in [-0.4, -0.2) is 42.3 Å². The highest BCUT2D eigenvalue weighted by atomic mass is 16.5. The summed E-state index contributed by atoms with van der Waals surface area (Å²) in [6, 6.07) is 16.6. The number of carbonyl (C=O) groups excluding carboxylic acids is 1. The van der Waals surface area contributed by atoms with Gasteiger partial charge in [0.1, 0.15) is 11.6 Å². The Kier molecular flexibility index (Phi) is 8.04. The average molecular weight is 453 g/mol. The second-order valence-corrected chi connectivity index (χ2v) is 7.39. The Bertz CT molecular complexity index is 1200. The van der Waals surface area contributed by atoms with Crippen LogP contribution in [-0.2, 0) is 22.5 Å². The van der Waals surface area contributed by atoms with Crippen LogP contribution in [0, 0.1) is 0 Å². The molecule has 9 heteroatoms. The van der Waals surface area contributed by atoms with E-state index < -0.39 is 17.2 Å². The summed E-state index contributed by atoms with van der Waals surface area (Å²) in [6.07, 6.45) is 0.833. The molecule has 0 aliphatic heterocycles. The summed E-state index contributed by atoms with van der Waals surface area (Å²) in [6.45, 7) is 2.07. The number of nitrogens with two attached hydrogens (primary N) is 1. The van der Waals surface area contributed by atoms with Crippen LogP contribution in [0.5, 0.6) is 5.75 Å². The molecule has 2 aromatic carbocycles. The highest BCUT2D eigenvalue weighted by molar-refractivity contribution is 5.96. The van der Waals surface area contributed by atoms with Crippen molar-refractivity contribution in [3.05, 3.63) is 86.6 Å². The Labute approximate surface area is 191 Å². The number of amides is 1. The second-order valence-electron chi connectivity index (χ2n) is 7.39. The number of aromatic amines is 1. The van der Waals surface area contributed by atoms with Gasteiger partial charge in [0.2, 0.25) is 0 Å². The first kappa shape index (κ1) is 23.8. The lowest BCUT2D eigenvalue weighted by molar-refractivity contribution is -0.120. The van der Waals surface area contributed by atoms with Gasteiger partial charge in [-0.3, -0.25) is 24.0 Å². The number of ether oxygens (including phenoxy) is 2. The van der Waals surface area contributed by atoms with E-state index in [1.807, 2.05) is 55.5 Å². The first-order chi connectivity index (χ1) is 15.9. The van der Waals surface area contributed by atoms with Crippen molar-refractivity contribution in [3.8, 4) is 5.75 Å². The number of benzene rings is 2. The van der Waals surface area contributed by atoms with Gasteiger partial charge in [0.05, 0.1) is 13.2 Å². The first-order valence-electron chi connectivity index (χ1n) is 10.6. The number of aromatic nitrogens is 2. The van der Waals surface area contributed by atoms with Crippen molar-refractivity contribution in [1.29, 1.82) is 0 Å². The fraction of sp³-hybridized carbons (Fsp3) is 0.292. The van der Waals surface area contributed by atoms with Crippen molar-refractivity contribution in [3.63, 3.8) is 0 Å². The van der Waals surface area contributed by atoms with E-state index in [0.29, 0.717) is 5.75 Å². The number of hydrogen-bond donors (Lipinski definition) is 2. The molecule has 33 heavy (non-hydrogen) atoms. The Morgan fingerprint density at radius 1 is 1.09 bits per heavy atom.